The second-order valence-corrected chi connectivity index (χ2v) is 5.10. The summed E-state index contributed by atoms with van der Waals surface area (Å²) in [5.74, 6) is -1.94. The molecular formula is C12H16ClN3O7. The van der Waals surface area contributed by atoms with Crippen molar-refractivity contribution in [1.82, 2.24) is 0 Å². The highest BCUT2D eigenvalue weighted by atomic mass is 35.5. The van der Waals surface area contributed by atoms with Crippen LogP contribution in [0.2, 0.25) is 0 Å². The van der Waals surface area contributed by atoms with Gasteiger partial charge in [0.1, 0.15) is 24.9 Å². The molecule has 0 saturated carbocycles. The van der Waals surface area contributed by atoms with Gasteiger partial charge in [-0.25, -0.2) is 0 Å². The van der Waals surface area contributed by atoms with Crippen LogP contribution in [0.15, 0.2) is 5.11 Å². The van der Waals surface area contributed by atoms with E-state index >= 15 is 0 Å². The van der Waals surface area contributed by atoms with Crippen molar-refractivity contribution in [2.24, 2.45) is 5.11 Å². The van der Waals surface area contributed by atoms with Gasteiger partial charge >= 0.3 is 17.9 Å². The third-order valence-corrected chi connectivity index (χ3v) is 3.19. The highest BCUT2D eigenvalue weighted by Gasteiger charge is 2.49. The Hall–Kier alpha value is -2.03. The molecule has 3 unspecified atom stereocenters. The van der Waals surface area contributed by atoms with E-state index in [1.54, 1.807) is 0 Å². The van der Waals surface area contributed by atoms with E-state index in [9.17, 15) is 14.4 Å². The molecule has 10 nitrogen and oxygen atoms in total. The lowest BCUT2D eigenvalue weighted by molar-refractivity contribution is -0.202. The first-order valence-corrected chi connectivity index (χ1v) is 7.01. The lowest BCUT2D eigenvalue weighted by atomic mass is 9.97. The fourth-order valence-electron chi connectivity index (χ4n) is 2.06. The molecule has 0 N–H and O–H groups in total. The van der Waals surface area contributed by atoms with Crippen LogP contribution in [-0.2, 0) is 33.3 Å². The largest absolute Gasteiger partial charge is 0.463 e. The summed E-state index contributed by atoms with van der Waals surface area (Å²) in [6.45, 7) is 3.20. The van der Waals surface area contributed by atoms with Crippen LogP contribution < -0.4 is 0 Å². The summed E-state index contributed by atoms with van der Waals surface area (Å²) >= 11 is 6.01. The third-order valence-electron chi connectivity index (χ3n) is 2.84. The first-order chi connectivity index (χ1) is 10.8. The number of hydrogen-bond acceptors (Lipinski definition) is 8. The Balaban J connectivity index is 3.09. The van der Waals surface area contributed by atoms with E-state index in [1.165, 1.54) is 6.92 Å². The van der Waals surface area contributed by atoms with Gasteiger partial charge < -0.3 is 18.9 Å². The van der Waals surface area contributed by atoms with E-state index in [4.69, 9.17) is 36.1 Å². The molecule has 0 bridgehead atoms. The van der Waals surface area contributed by atoms with Crippen molar-refractivity contribution >= 4 is 29.5 Å². The van der Waals surface area contributed by atoms with Crippen LogP contribution >= 0.6 is 11.6 Å². The molecule has 5 atom stereocenters. The van der Waals surface area contributed by atoms with E-state index in [0.717, 1.165) is 13.8 Å². The van der Waals surface area contributed by atoms with Crippen LogP contribution in [0, 0.1) is 0 Å². The standard InChI is InChI=1S/C12H16ClN3O7/c1-5(17)20-4-8-10(21-6(2)18)9(15-16-14)11(12(13)23-8)22-7(3)19/h8-12H,4H2,1-3H3/t8?,9?,10-,11?,12+/m0/s1. The van der Waals surface area contributed by atoms with Gasteiger partial charge in [-0.1, -0.05) is 16.7 Å². The zero-order chi connectivity index (χ0) is 17.6. The predicted octanol–water partition coefficient (Wildman–Crippen LogP) is 1.06. The number of ether oxygens (including phenoxy) is 4. The number of rotatable bonds is 5. The second-order valence-electron chi connectivity index (χ2n) is 4.67. The number of carbonyl (C=O) groups is 3. The predicted molar refractivity (Wildman–Crippen MR) is 75.2 cm³/mol. The van der Waals surface area contributed by atoms with Gasteiger partial charge in [-0.05, 0) is 5.53 Å². The smallest absolute Gasteiger partial charge is 0.303 e. The lowest BCUT2D eigenvalue weighted by Gasteiger charge is -2.41. The Morgan fingerprint density at radius 2 is 1.70 bits per heavy atom. The average molecular weight is 350 g/mol. The molecule has 23 heavy (non-hydrogen) atoms. The van der Waals surface area contributed by atoms with Gasteiger partial charge in [0.15, 0.2) is 11.7 Å². The van der Waals surface area contributed by atoms with Crippen LogP contribution in [0.4, 0.5) is 0 Å². The molecule has 1 fully saturated rings. The van der Waals surface area contributed by atoms with Crippen molar-refractivity contribution in [3.8, 4) is 0 Å². The maximum atomic E-state index is 11.3. The normalized spacial score (nSPS) is 29.8. The van der Waals surface area contributed by atoms with Crippen LogP contribution in [0.25, 0.3) is 10.4 Å². The van der Waals surface area contributed by atoms with Crippen LogP contribution in [0.5, 0.6) is 0 Å². The van der Waals surface area contributed by atoms with Gasteiger partial charge in [-0.2, -0.15) is 0 Å². The number of esters is 3. The third kappa shape index (κ3) is 5.59. The molecule has 0 aromatic rings. The fourth-order valence-corrected chi connectivity index (χ4v) is 2.39. The van der Waals surface area contributed by atoms with E-state index < -0.39 is 47.8 Å². The van der Waals surface area contributed by atoms with Crippen molar-refractivity contribution in [3.63, 3.8) is 0 Å². The molecule has 1 saturated heterocycles. The van der Waals surface area contributed by atoms with Gasteiger partial charge in [0, 0.05) is 25.7 Å². The lowest BCUT2D eigenvalue weighted by Crippen LogP contribution is -2.59. The Morgan fingerprint density at radius 1 is 1.13 bits per heavy atom. The summed E-state index contributed by atoms with van der Waals surface area (Å²) in [5, 5.41) is 3.50. The minimum Gasteiger partial charge on any atom is -0.463 e. The van der Waals surface area contributed by atoms with E-state index in [2.05, 4.69) is 10.0 Å². The number of alkyl halides is 1. The Kier molecular flexibility index (Phi) is 7.08. The Morgan fingerprint density at radius 3 is 2.17 bits per heavy atom. The zero-order valence-electron chi connectivity index (χ0n) is 12.7. The molecule has 0 aliphatic carbocycles. The summed E-state index contributed by atoms with van der Waals surface area (Å²) in [6.07, 6.45) is -3.28. The van der Waals surface area contributed by atoms with Crippen LogP contribution in [-0.4, -0.2) is 54.4 Å². The van der Waals surface area contributed by atoms with Gasteiger partial charge in [-0.3, -0.25) is 14.4 Å². The SMILES string of the molecule is CC(=O)OCC1O[C@@H](Cl)C(OC(C)=O)C(N=[N+]=[N-])[C@H]1OC(C)=O. The van der Waals surface area contributed by atoms with Gasteiger partial charge in [0.25, 0.3) is 0 Å². The molecule has 0 aromatic heterocycles. The molecule has 1 aliphatic rings. The van der Waals surface area contributed by atoms with E-state index in [-0.39, 0.29) is 6.61 Å². The average Bonchev–Trinajstić information content (AvgIpc) is 2.43. The number of carbonyl (C=O) groups excluding carboxylic acids is 3. The van der Waals surface area contributed by atoms with Crippen LogP contribution in [0.1, 0.15) is 20.8 Å². The molecule has 1 heterocycles. The zero-order valence-corrected chi connectivity index (χ0v) is 13.4. The van der Waals surface area contributed by atoms with E-state index in [1.807, 2.05) is 0 Å². The van der Waals surface area contributed by atoms with Crippen molar-refractivity contribution in [2.75, 3.05) is 6.61 Å². The maximum Gasteiger partial charge on any atom is 0.303 e. The summed E-state index contributed by atoms with van der Waals surface area (Å²) in [5.41, 5.74) is 7.54. The summed E-state index contributed by atoms with van der Waals surface area (Å²) < 4.78 is 20.3. The number of azide groups is 1. The summed E-state index contributed by atoms with van der Waals surface area (Å²) in [4.78, 5) is 36.1. The molecule has 1 rings (SSSR count). The molecular weight excluding hydrogens is 334 g/mol. The fraction of sp³-hybridized carbons (Fsp3) is 0.750. The Labute approximate surface area is 136 Å². The maximum absolute atomic E-state index is 11.3. The van der Waals surface area contributed by atoms with Gasteiger partial charge in [0.05, 0.1) is 0 Å². The first-order valence-electron chi connectivity index (χ1n) is 6.57. The van der Waals surface area contributed by atoms with Gasteiger partial charge in [0.2, 0.25) is 0 Å². The number of nitrogens with zero attached hydrogens (tertiary/aromatic N) is 3. The molecule has 1 aliphatic heterocycles. The Bertz CT molecular complexity index is 523. The highest BCUT2D eigenvalue weighted by molar-refractivity contribution is 6.20. The minimum atomic E-state index is -1.18. The van der Waals surface area contributed by atoms with Crippen LogP contribution in [0.3, 0.4) is 0 Å². The highest BCUT2D eigenvalue weighted by Crippen LogP contribution is 2.30. The molecule has 128 valence electrons. The topological polar surface area (TPSA) is 137 Å². The summed E-state index contributed by atoms with van der Waals surface area (Å²) in [6, 6.07) is -1.13. The molecule has 0 radical (unpaired) electrons. The van der Waals surface area contributed by atoms with Crippen molar-refractivity contribution in [2.45, 2.75) is 50.7 Å². The number of hydrogen-bond donors (Lipinski definition) is 0. The number of halogens is 1. The quantitative estimate of drug-likeness (QED) is 0.180. The van der Waals surface area contributed by atoms with E-state index in [0.29, 0.717) is 0 Å². The van der Waals surface area contributed by atoms with Crippen molar-refractivity contribution in [1.29, 1.82) is 0 Å². The minimum absolute atomic E-state index is 0.277. The van der Waals surface area contributed by atoms with Crippen molar-refractivity contribution < 1.29 is 33.3 Å². The molecule has 0 amide bonds. The second kappa shape index (κ2) is 8.56. The van der Waals surface area contributed by atoms with Gasteiger partial charge in [-0.15, -0.1) is 0 Å². The monoisotopic (exact) mass is 349 g/mol. The van der Waals surface area contributed by atoms with Crippen molar-refractivity contribution in [3.05, 3.63) is 10.4 Å². The summed E-state index contributed by atoms with van der Waals surface area (Å²) in [7, 11) is 0. The molecule has 11 heteroatoms. The molecule has 0 aromatic carbocycles. The first kappa shape index (κ1) is 19.0. The molecule has 0 spiro atoms.